The predicted molar refractivity (Wildman–Crippen MR) is 133 cm³/mol. The Morgan fingerprint density at radius 1 is 0.943 bits per heavy atom. The first-order chi connectivity index (χ1) is 17.0. The fourth-order valence-corrected chi connectivity index (χ4v) is 3.53. The van der Waals surface area contributed by atoms with E-state index >= 15 is 0 Å². The molecule has 0 fully saturated rings. The molecule has 35 heavy (non-hydrogen) atoms. The van der Waals surface area contributed by atoms with Crippen molar-refractivity contribution in [3.05, 3.63) is 78.1 Å². The number of esters is 1. The van der Waals surface area contributed by atoms with Crippen LogP contribution in [0.1, 0.15) is 43.1 Å². The second kappa shape index (κ2) is 13.3. The fraction of sp³-hybridized carbons (Fsp3) is 0.357. The van der Waals surface area contributed by atoms with Crippen LogP contribution in [0.3, 0.4) is 0 Å². The van der Waals surface area contributed by atoms with Gasteiger partial charge < -0.3 is 23.5 Å². The molecule has 0 aliphatic carbocycles. The number of nitrogens with zero attached hydrogens (tertiary/aromatic N) is 1. The molecule has 0 radical (unpaired) electrons. The van der Waals surface area contributed by atoms with E-state index in [4.69, 9.17) is 18.6 Å². The third-order valence-corrected chi connectivity index (χ3v) is 5.38. The van der Waals surface area contributed by atoms with Crippen LogP contribution in [0.2, 0.25) is 0 Å². The van der Waals surface area contributed by atoms with E-state index in [0.717, 1.165) is 16.9 Å². The molecule has 3 rings (SSSR count). The molecule has 0 atom stereocenters. The van der Waals surface area contributed by atoms with E-state index in [1.807, 2.05) is 79.4 Å². The third kappa shape index (κ3) is 7.72. The first-order valence-corrected chi connectivity index (χ1v) is 11.9. The maximum absolute atomic E-state index is 13.3. The van der Waals surface area contributed by atoms with Gasteiger partial charge in [-0.15, -0.1) is 0 Å². The van der Waals surface area contributed by atoms with Crippen LogP contribution in [0.5, 0.6) is 5.75 Å². The minimum Gasteiger partial charge on any atom is -0.491 e. The van der Waals surface area contributed by atoms with E-state index < -0.39 is 0 Å². The summed E-state index contributed by atoms with van der Waals surface area (Å²) in [6, 6.07) is 18.8. The topological polar surface area (TPSA) is 78.2 Å². The van der Waals surface area contributed by atoms with Crippen LogP contribution in [0.25, 0.3) is 11.3 Å². The molecule has 7 heteroatoms. The standard InChI is InChI=1S/C28H33NO6/c1-4-33-27(30)15-17-32-18-19-35-26-9-6-5-8-24(26)20-29(21(2)3)28(31)23-13-11-22(12-14-23)25-10-7-16-34-25/h5-14,16,21H,4,15,17-20H2,1-3H3. The highest BCUT2D eigenvalue weighted by molar-refractivity contribution is 5.94. The Labute approximate surface area is 206 Å². The second-order valence-electron chi connectivity index (χ2n) is 8.21. The molecule has 1 heterocycles. The van der Waals surface area contributed by atoms with E-state index in [1.54, 1.807) is 13.2 Å². The minimum absolute atomic E-state index is 0.00786. The fourth-order valence-electron chi connectivity index (χ4n) is 3.53. The van der Waals surface area contributed by atoms with Gasteiger partial charge in [-0.1, -0.05) is 30.3 Å². The zero-order valence-corrected chi connectivity index (χ0v) is 20.6. The van der Waals surface area contributed by atoms with Crippen molar-refractivity contribution < 1.29 is 28.2 Å². The monoisotopic (exact) mass is 479 g/mol. The van der Waals surface area contributed by atoms with Crippen LogP contribution in [0.4, 0.5) is 0 Å². The smallest absolute Gasteiger partial charge is 0.308 e. The lowest BCUT2D eigenvalue weighted by Crippen LogP contribution is -2.36. The van der Waals surface area contributed by atoms with Crippen LogP contribution < -0.4 is 4.74 Å². The van der Waals surface area contributed by atoms with Gasteiger partial charge in [0.2, 0.25) is 0 Å². The van der Waals surface area contributed by atoms with E-state index in [0.29, 0.717) is 37.7 Å². The summed E-state index contributed by atoms with van der Waals surface area (Å²) in [7, 11) is 0. The Morgan fingerprint density at radius 3 is 2.40 bits per heavy atom. The normalized spacial score (nSPS) is 10.9. The molecule has 0 unspecified atom stereocenters. The van der Waals surface area contributed by atoms with Crippen molar-refractivity contribution in [2.24, 2.45) is 0 Å². The Morgan fingerprint density at radius 2 is 1.71 bits per heavy atom. The van der Waals surface area contributed by atoms with Crippen molar-refractivity contribution in [2.45, 2.75) is 39.8 Å². The second-order valence-corrected chi connectivity index (χ2v) is 8.21. The number of para-hydroxylation sites is 1. The van der Waals surface area contributed by atoms with Crippen molar-refractivity contribution in [2.75, 3.05) is 26.4 Å². The molecular formula is C28H33NO6. The first kappa shape index (κ1) is 26.0. The number of carbonyl (C=O) groups excluding carboxylic acids is 2. The van der Waals surface area contributed by atoms with E-state index in [2.05, 4.69) is 0 Å². The number of hydrogen-bond acceptors (Lipinski definition) is 6. The summed E-state index contributed by atoms with van der Waals surface area (Å²) in [6.45, 7) is 7.52. The van der Waals surface area contributed by atoms with Gasteiger partial charge in [-0.2, -0.15) is 0 Å². The number of rotatable bonds is 13. The van der Waals surface area contributed by atoms with E-state index in [-0.39, 0.29) is 30.9 Å². The van der Waals surface area contributed by atoms with Gasteiger partial charge >= 0.3 is 5.97 Å². The molecule has 0 N–H and O–H groups in total. The number of carbonyl (C=O) groups is 2. The maximum atomic E-state index is 13.3. The van der Waals surface area contributed by atoms with Gasteiger partial charge in [0.05, 0.1) is 32.5 Å². The highest BCUT2D eigenvalue weighted by atomic mass is 16.5. The van der Waals surface area contributed by atoms with Crippen molar-refractivity contribution >= 4 is 11.9 Å². The summed E-state index contributed by atoms with van der Waals surface area (Å²) in [5.41, 5.74) is 2.45. The van der Waals surface area contributed by atoms with Gasteiger partial charge in [-0.05, 0) is 51.1 Å². The lowest BCUT2D eigenvalue weighted by Gasteiger charge is -2.28. The van der Waals surface area contributed by atoms with Gasteiger partial charge in [0.1, 0.15) is 18.1 Å². The van der Waals surface area contributed by atoms with Crippen LogP contribution in [0.15, 0.2) is 71.3 Å². The summed E-state index contributed by atoms with van der Waals surface area (Å²) in [6.07, 6.45) is 1.85. The number of benzene rings is 2. The van der Waals surface area contributed by atoms with E-state index in [9.17, 15) is 9.59 Å². The molecular weight excluding hydrogens is 446 g/mol. The molecule has 2 aromatic carbocycles. The van der Waals surface area contributed by atoms with Gasteiger partial charge in [0.25, 0.3) is 5.91 Å². The molecule has 0 aliphatic rings. The van der Waals surface area contributed by atoms with Crippen molar-refractivity contribution in [3.8, 4) is 17.1 Å². The molecule has 0 aliphatic heterocycles. The maximum Gasteiger partial charge on any atom is 0.308 e. The summed E-state index contributed by atoms with van der Waals surface area (Å²) < 4.78 is 21.7. The highest BCUT2D eigenvalue weighted by Crippen LogP contribution is 2.24. The third-order valence-electron chi connectivity index (χ3n) is 5.38. The largest absolute Gasteiger partial charge is 0.491 e. The van der Waals surface area contributed by atoms with Crippen LogP contribution in [-0.2, 0) is 20.8 Å². The Balaban J connectivity index is 1.59. The minimum atomic E-state index is -0.271. The lowest BCUT2D eigenvalue weighted by molar-refractivity contribution is -0.144. The van der Waals surface area contributed by atoms with Gasteiger partial charge in [-0.25, -0.2) is 0 Å². The Kier molecular flexibility index (Phi) is 9.93. The zero-order chi connectivity index (χ0) is 25.0. The van der Waals surface area contributed by atoms with Crippen molar-refractivity contribution in [3.63, 3.8) is 0 Å². The molecule has 186 valence electrons. The number of hydrogen-bond donors (Lipinski definition) is 0. The Hall–Kier alpha value is -3.58. The SMILES string of the molecule is CCOC(=O)CCOCCOc1ccccc1CN(C(=O)c1ccc(-c2ccco2)cc1)C(C)C. The summed E-state index contributed by atoms with van der Waals surface area (Å²) in [5, 5.41) is 0. The summed E-state index contributed by atoms with van der Waals surface area (Å²) >= 11 is 0. The molecule has 0 saturated heterocycles. The molecule has 0 bridgehead atoms. The first-order valence-electron chi connectivity index (χ1n) is 11.9. The molecule has 7 nitrogen and oxygen atoms in total. The van der Waals surface area contributed by atoms with E-state index in [1.165, 1.54) is 0 Å². The molecule has 1 amide bonds. The van der Waals surface area contributed by atoms with Gasteiger partial charge in [0, 0.05) is 29.3 Å². The van der Waals surface area contributed by atoms with Gasteiger partial charge in [0.15, 0.2) is 0 Å². The van der Waals surface area contributed by atoms with Crippen LogP contribution >= 0.6 is 0 Å². The molecule has 1 aromatic heterocycles. The van der Waals surface area contributed by atoms with Crippen LogP contribution in [-0.4, -0.2) is 49.2 Å². The average molecular weight is 480 g/mol. The molecule has 3 aromatic rings. The number of amides is 1. The zero-order valence-electron chi connectivity index (χ0n) is 20.6. The van der Waals surface area contributed by atoms with Gasteiger partial charge in [-0.3, -0.25) is 9.59 Å². The predicted octanol–water partition coefficient (Wildman–Crippen LogP) is 5.35. The van der Waals surface area contributed by atoms with Crippen molar-refractivity contribution in [1.29, 1.82) is 0 Å². The number of furan rings is 1. The molecule has 0 saturated carbocycles. The highest BCUT2D eigenvalue weighted by Gasteiger charge is 2.21. The van der Waals surface area contributed by atoms with Crippen LogP contribution in [0, 0.1) is 0 Å². The number of ether oxygens (including phenoxy) is 3. The molecule has 0 spiro atoms. The Bertz CT molecular complexity index is 1060. The lowest BCUT2D eigenvalue weighted by atomic mass is 10.1. The summed E-state index contributed by atoms with van der Waals surface area (Å²) in [4.78, 5) is 26.5. The average Bonchev–Trinajstić information content (AvgIpc) is 3.40. The van der Waals surface area contributed by atoms with Crippen molar-refractivity contribution in [1.82, 2.24) is 4.90 Å². The summed E-state index contributed by atoms with van der Waals surface area (Å²) in [5.74, 6) is 1.14. The quantitative estimate of drug-likeness (QED) is 0.243.